The Morgan fingerprint density at radius 3 is 0.750 bits per heavy atom. The third kappa shape index (κ3) is 4.44. The molecule has 0 spiro atoms. The van der Waals surface area contributed by atoms with Crippen LogP contribution in [0.1, 0.15) is 0 Å². The summed E-state index contributed by atoms with van der Waals surface area (Å²) in [6.45, 7) is 0. The molecule has 0 aromatic carbocycles. The van der Waals surface area contributed by atoms with Crippen molar-refractivity contribution in [3.8, 4) is 0 Å². The fourth-order valence-electron chi connectivity index (χ4n) is 2.52. The molecule has 0 fully saturated rings. The Hall–Kier alpha value is -3.12. The first kappa shape index (κ1) is 15.8. The molecule has 4 rings (SSSR count). The van der Waals surface area contributed by atoms with Gasteiger partial charge in [0, 0.05) is 0 Å². The Morgan fingerprint density at radius 2 is 0.500 bits per heavy atom. The van der Waals surface area contributed by atoms with Gasteiger partial charge in [-0.25, -0.2) is 0 Å². The summed E-state index contributed by atoms with van der Waals surface area (Å²) in [5, 5.41) is 0. The van der Waals surface area contributed by atoms with Gasteiger partial charge in [-0.15, -0.1) is 0 Å². The summed E-state index contributed by atoms with van der Waals surface area (Å²) in [5.74, 6) is 0. The highest BCUT2D eigenvalue weighted by molar-refractivity contribution is 5.54. The van der Waals surface area contributed by atoms with Crippen LogP contribution in [0.25, 0.3) is 0 Å². The third-order valence-corrected chi connectivity index (χ3v) is 3.76. The molecule has 0 heterocycles. The lowest BCUT2D eigenvalue weighted by molar-refractivity contribution is 1.57. The molecule has 0 saturated carbocycles. The lowest BCUT2D eigenvalue weighted by atomic mass is 10.1. The summed E-state index contributed by atoms with van der Waals surface area (Å²) in [5.41, 5.74) is 5.07. The predicted molar refractivity (Wildman–Crippen MR) is 105 cm³/mol. The van der Waals surface area contributed by atoms with Gasteiger partial charge in [0.15, 0.2) is 0 Å². The standard InChI is InChI=1S/2C12H10/c2*1-3-7-11-9-5-2-6-10-12(11)8-4-1/h2*1-10H. The molecule has 4 aliphatic carbocycles. The van der Waals surface area contributed by atoms with Crippen LogP contribution in [0, 0.1) is 0 Å². The summed E-state index contributed by atoms with van der Waals surface area (Å²) in [6.07, 6.45) is 41.6. The maximum Gasteiger partial charge on any atom is -0.0184 e. The van der Waals surface area contributed by atoms with Crippen molar-refractivity contribution < 1.29 is 0 Å². The quantitative estimate of drug-likeness (QED) is 0.501. The van der Waals surface area contributed by atoms with Gasteiger partial charge in [-0.05, 0) is 22.3 Å². The van der Waals surface area contributed by atoms with E-state index in [2.05, 4.69) is 97.2 Å². The topological polar surface area (TPSA) is 0 Å². The molecule has 116 valence electrons. The van der Waals surface area contributed by atoms with Gasteiger partial charge >= 0.3 is 0 Å². The van der Waals surface area contributed by atoms with Gasteiger partial charge < -0.3 is 0 Å². The van der Waals surface area contributed by atoms with Crippen molar-refractivity contribution >= 4 is 0 Å². The maximum atomic E-state index is 2.12. The van der Waals surface area contributed by atoms with Crippen molar-refractivity contribution in [3.63, 3.8) is 0 Å². The molecule has 0 nitrogen and oxygen atoms in total. The lowest BCUT2D eigenvalue weighted by Gasteiger charge is -1.98. The minimum Gasteiger partial charge on any atom is -0.0622 e. The average molecular weight is 308 g/mol. The van der Waals surface area contributed by atoms with Crippen molar-refractivity contribution in [3.05, 3.63) is 144 Å². The molecule has 0 aromatic heterocycles. The average Bonchev–Trinajstić information content (AvgIpc) is 3.10. The fraction of sp³-hybridized carbons (Fsp3) is 0. The smallest absolute Gasteiger partial charge is 0.0184 e. The second-order valence-electron chi connectivity index (χ2n) is 5.46. The molecule has 0 heteroatoms. The highest BCUT2D eigenvalue weighted by Crippen LogP contribution is 2.19. The van der Waals surface area contributed by atoms with Crippen LogP contribution in [0.3, 0.4) is 0 Å². The minimum atomic E-state index is 1.27. The molecular weight excluding hydrogens is 288 g/mol. The van der Waals surface area contributed by atoms with Gasteiger partial charge in [0.05, 0.1) is 0 Å². The highest BCUT2D eigenvalue weighted by atomic mass is 14.0. The van der Waals surface area contributed by atoms with Crippen molar-refractivity contribution in [1.82, 2.24) is 0 Å². The predicted octanol–water partition coefficient (Wildman–Crippen LogP) is 6.18. The monoisotopic (exact) mass is 308 g/mol. The Bertz CT molecular complexity index is 688. The molecule has 0 saturated heterocycles. The summed E-state index contributed by atoms with van der Waals surface area (Å²) < 4.78 is 0. The first-order chi connectivity index (χ1) is 11.9. The van der Waals surface area contributed by atoms with E-state index in [0.29, 0.717) is 0 Å². The van der Waals surface area contributed by atoms with E-state index in [-0.39, 0.29) is 0 Å². The van der Waals surface area contributed by atoms with Gasteiger partial charge in [-0.3, -0.25) is 0 Å². The molecule has 4 aliphatic rings. The molecule has 0 unspecified atom stereocenters. The molecule has 0 aromatic rings. The molecule has 0 radical (unpaired) electrons. The molecule has 24 heavy (non-hydrogen) atoms. The van der Waals surface area contributed by atoms with Crippen LogP contribution in [0.15, 0.2) is 144 Å². The van der Waals surface area contributed by atoms with E-state index >= 15 is 0 Å². The third-order valence-electron chi connectivity index (χ3n) is 3.76. The summed E-state index contributed by atoms with van der Waals surface area (Å²) in [4.78, 5) is 0. The SMILES string of the molecule is C1=CC=C2C=CC=CC=C2C=C1.C1=CC=C2C=CC=CC=C2C=C1. The zero-order chi connectivity index (χ0) is 16.5. The van der Waals surface area contributed by atoms with E-state index in [4.69, 9.17) is 0 Å². The zero-order valence-corrected chi connectivity index (χ0v) is 13.5. The molecule has 0 bridgehead atoms. The Balaban J connectivity index is 0.000000141. The van der Waals surface area contributed by atoms with Crippen LogP contribution < -0.4 is 0 Å². The molecule has 0 N–H and O–H groups in total. The lowest BCUT2D eigenvalue weighted by Crippen LogP contribution is -1.79. The molecule has 0 atom stereocenters. The van der Waals surface area contributed by atoms with Gasteiger partial charge in [0.25, 0.3) is 0 Å². The Morgan fingerprint density at radius 1 is 0.250 bits per heavy atom. The van der Waals surface area contributed by atoms with Crippen LogP contribution in [-0.4, -0.2) is 0 Å². The van der Waals surface area contributed by atoms with Gasteiger partial charge in [-0.2, -0.15) is 0 Å². The van der Waals surface area contributed by atoms with Crippen LogP contribution in [0.4, 0.5) is 0 Å². The summed E-state index contributed by atoms with van der Waals surface area (Å²) in [6, 6.07) is 0. The Labute approximate surface area is 144 Å². The number of rotatable bonds is 0. The van der Waals surface area contributed by atoms with Gasteiger partial charge in [-0.1, -0.05) is 122 Å². The number of allylic oxidation sites excluding steroid dienone is 24. The van der Waals surface area contributed by atoms with Gasteiger partial charge in [0.1, 0.15) is 0 Å². The summed E-state index contributed by atoms with van der Waals surface area (Å²) in [7, 11) is 0. The largest absolute Gasteiger partial charge is 0.0622 e. The van der Waals surface area contributed by atoms with Crippen LogP contribution >= 0.6 is 0 Å². The summed E-state index contributed by atoms with van der Waals surface area (Å²) >= 11 is 0. The van der Waals surface area contributed by atoms with E-state index in [0.717, 1.165) is 0 Å². The first-order valence-corrected chi connectivity index (χ1v) is 8.14. The van der Waals surface area contributed by atoms with Crippen molar-refractivity contribution in [2.45, 2.75) is 0 Å². The van der Waals surface area contributed by atoms with Crippen LogP contribution in [-0.2, 0) is 0 Å². The van der Waals surface area contributed by atoms with E-state index in [1.54, 1.807) is 0 Å². The minimum absolute atomic E-state index is 1.27. The van der Waals surface area contributed by atoms with E-state index in [1.165, 1.54) is 22.3 Å². The molecular formula is C24H20. The number of hydrogen-bond acceptors (Lipinski definition) is 0. The maximum absolute atomic E-state index is 2.12. The first-order valence-electron chi connectivity index (χ1n) is 8.14. The van der Waals surface area contributed by atoms with Crippen molar-refractivity contribution in [2.24, 2.45) is 0 Å². The number of fused-ring (bicyclic) bond motifs is 2. The fourth-order valence-corrected chi connectivity index (χ4v) is 2.52. The highest BCUT2D eigenvalue weighted by Gasteiger charge is 1.99. The van der Waals surface area contributed by atoms with E-state index in [9.17, 15) is 0 Å². The van der Waals surface area contributed by atoms with E-state index < -0.39 is 0 Å². The second-order valence-corrected chi connectivity index (χ2v) is 5.46. The molecule has 0 aliphatic heterocycles. The van der Waals surface area contributed by atoms with Crippen LogP contribution in [0.5, 0.6) is 0 Å². The zero-order valence-electron chi connectivity index (χ0n) is 13.5. The van der Waals surface area contributed by atoms with Crippen molar-refractivity contribution in [1.29, 1.82) is 0 Å². The molecule has 0 amide bonds. The number of hydrogen-bond donors (Lipinski definition) is 0. The van der Waals surface area contributed by atoms with E-state index in [1.807, 2.05) is 24.3 Å². The normalized spacial score (nSPS) is 19.3. The van der Waals surface area contributed by atoms with Crippen LogP contribution in [0.2, 0.25) is 0 Å². The van der Waals surface area contributed by atoms with Crippen molar-refractivity contribution in [2.75, 3.05) is 0 Å². The second kappa shape index (κ2) is 8.50. The van der Waals surface area contributed by atoms with Gasteiger partial charge in [0.2, 0.25) is 0 Å². The Kier molecular flexibility index (Phi) is 5.58.